The van der Waals surface area contributed by atoms with Crippen LogP contribution in [0.4, 0.5) is 0 Å². The van der Waals surface area contributed by atoms with Crippen LogP contribution in [0.1, 0.15) is 46.0 Å². The first-order valence-electron chi connectivity index (χ1n) is 14.2. The molecule has 1 spiro atoms. The van der Waals surface area contributed by atoms with Gasteiger partial charge in [0.15, 0.2) is 5.60 Å². The number of aryl methyl sites for hydroxylation is 1. The van der Waals surface area contributed by atoms with Crippen molar-refractivity contribution in [2.45, 2.75) is 62.1 Å². The maximum absolute atomic E-state index is 13.1. The lowest BCUT2D eigenvalue weighted by atomic mass is 9.77. The number of ether oxygens (including phenoxy) is 4. The van der Waals surface area contributed by atoms with Crippen LogP contribution in [0.3, 0.4) is 0 Å². The van der Waals surface area contributed by atoms with Crippen molar-refractivity contribution in [3.63, 3.8) is 0 Å². The molecule has 3 heterocycles. The first-order chi connectivity index (χ1) is 21.4. The highest BCUT2D eigenvalue weighted by molar-refractivity contribution is 5.97. The van der Waals surface area contributed by atoms with E-state index in [1.54, 1.807) is 36.4 Å². The Balaban J connectivity index is 1.42. The monoisotopic (exact) mass is 621 g/mol. The molecule has 1 amide bonds. The number of aliphatic carboxylic acids is 1. The molecule has 3 aromatic carbocycles. The molecule has 0 aliphatic carbocycles. The lowest BCUT2D eigenvalue weighted by Crippen LogP contribution is -2.68. The fourth-order valence-electron chi connectivity index (χ4n) is 6.25. The zero-order chi connectivity index (χ0) is 32.3. The van der Waals surface area contributed by atoms with Gasteiger partial charge in [0.05, 0.1) is 30.7 Å². The zero-order valence-corrected chi connectivity index (χ0v) is 24.2. The number of benzene rings is 3. The molecule has 0 aromatic heterocycles. The van der Waals surface area contributed by atoms with Gasteiger partial charge in [-0.1, -0.05) is 29.8 Å². The number of carbonyl (C=O) groups excluding carboxylic acids is 2. The zero-order valence-electron chi connectivity index (χ0n) is 24.2. The standard InChI is InChI=1S/C32H31NO12/c1-15-7-10-24-21(11-15)32(19-6-4-3-5-18(19)29(39)45-32)20-9-8-17(12-25(20)42-24)43-31(30(40)41)13-22(36)26(33-16(2)35)28(44-31)27(38)23(37)14-34/h3-12,22-23,26-28,34,36-38H,13-14H2,1-2H3,(H,33,35)(H,40,41)/t22-,23+,26+,27+,28+,31+,32?/m0/s1. The van der Waals surface area contributed by atoms with Gasteiger partial charge in [0, 0.05) is 29.7 Å². The summed E-state index contributed by atoms with van der Waals surface area (Å²) in [7, 11) is 0. The molecular formula is C32H31NO12. The van der Waals surface area contributed by atoms with Gasteiger partial charge < -0.3 is 49.8 Å². The van der Waals surface area contributed by atoms with Crippen LogP contribution in [0.2, 0.25) is 0 Å². The Morgan fingerprint density at radius 3 is 2.51 bits per heavy atom. The molecule has 1 fully saturated rings. The van der Waals surface area contributed by atoms with Crippen molar-refractivity contribution in [1.82, 2.24) is 5.32 Å². The van der Waals surface area contributed by atoms with Gasteiger partial charge in [-0.3, -0.25) is 4.79 Å². The molecule has 3 aliphatic heterocycles. The van der Waals surface area contributed by atoms with Gasteiger partial charge in [0.1, 0.15) is 35.6 Å². The quantitative estimate of drug-likeness (QED) is 0.206. The Kier molecular flexibility index (Phi) is 7.54. The fraction of sp³-hybridized carbons (Fsp3) is 0.344. The average Bonchev–Trinajstić information content (AvgIpc) is 3.30. The predicted molar refractivity (Wildman–Crippen MR) is 153 cm³/mol. The van der Waals surface area contributed by atoms with Crippen LogP contribution in [0.25, 0.3) is 0 Å². The van der Waals surface area contributed by atoms with Gasteiger partial charge in [0.2, 0.25) is 5.91 Å². The predicted octanol–water partition coefficient (Wildman–Crippen LogP) is 1.09. The first-order valence-corrected chi connectivity index (χ1v) is 14.2. The Morgan fingerprint density at radius 2 is 1.80 bits per heavy atom. The molecule has 0 bridgehead atoms. The van der Waals surface area contributed by atoms with Crippen molar-refractivity contribution < 1.29 is 58.9 Å². The molecule has 1 unspecified atom stereocenters. The highest BCUT2D eigenvalue weighted by Gasteiger charge is 2.57. The molecule has 1 saturated heterocycles. The molecule has 45 heavy (non-hydrogen) atoms. The molecule has 3 aliphatic rings. The van der Waals surface area contributed by atoms with E-state index in [2.05, 4.69) is 5.32 Å². The molecule has 13 nitrogen and oxygen atoms in total. The lowest BCUT2D eigenvalue weighted by molar-refractivity contribution is -0.284. The Hall–Kier alpha value is -4.53. The molecule has 6 N–H and O–H groups in total. The van der Waals surface area contributed by atoms with E-state index >= 15 is 0 Å². The van der Waals surface area contributed by atoms with Crippen molar-refractivity contribution in [3.8, 4) is 17.2 Å². The summed E-state index contributed by atoms with van der Waals surface area (Å²) >= 11 is 0. The Bertz CT molecular complexity index is 1690. The third-order valence-electron chi connectivity index (χ3n) is 8.31. The first kappa shape index (κ1) is 30.5. The summed E-state index contributed by atoms with van der Waals surface area (Å²) < 4.78 is 24.0. The van der Waals surface area contributed by atoms with E-state index in [1.165, 1.54) is 12.1 Å². The number of carboxylic acid groups (broad SMARTS) is 1. The minimum atomic E-state index is -2.61. The van der Waals surface area contributed by atoms with Gasteiger partial charge in [-0.2, -0.15) is 0 Å². The molecule has 0 radical (unpaired) electrons. The molecular weight excluding hydrogens is 590 g/mol. The summed E-state index contributed by atoms with van der Waals surface area (Å²) in [5.74, 6) is -4.93. The van der Waals surface area contributed by atoms with Gasteiger partial charge in [0.25, 0.3) is 0 Å². The second-order valence-electron chi connectivity index (χ2n) is 11.4. The van der Waals surface area contributed by atoms with Crippen molar-refractivity contribution in [1.29, 1.82) is 0 Å². The Labute approximate surface area is 256 Å². The third kappa shape index (κ3) is 4.89. The molecule has 13 heteroatoms. The number of esters is 1. The van der Waals surface area contributed by atoms with Crippen molar-refractivity contribution in [3.05, 3.63) is 88.5 Å². The number of nitrogens with one attached hydrogen (secondary N) is 1. The van der Waals surface area contributed by atoms with Crippen LogP contribution < -0.4 is 14.8 Å². The van der Waals surface area contributed by atoms with E-state index in [1.807, 2.05) is 19.1 Å². The number of amides is 1. The van der Waals surface area contributed by atoms with Gasteiger partial charge >= 0.3 is 17.7 Å². The Morgan fingerprint density at radius 1 is 1.04 bits per heavy atom. The van der Waals surface area contributed by atoms with Crippen molar-refractivity contribution >= 4 is 17.8 Å². The SMILES string of the molecule is CC(=O)N[C@H]1[C@H]([C@H](O)[C@H](O)CO)O[C@@](Oc2ccc3c(c2)Oc2ccc(C)cc2C32OC(=O)c3ccccc32)(C(=O)O)C[C@@H]1O. The number of rotatable bonds is 7. The van der Waals surface area contributed by atoms with Crippen LogP contribution in [0.5, 0.6) is 17.2 Å². The van der Waals surface area contributed by atoms with E-state index in [0.717, 1.165) is 12.5 Å². The maximum Gasteiger partial charge on any atom is 0.377 e. The summed E-state index contributed by atoms with van der Waals surface area (Å²) in [6, 6.07) is 15.5. The van der Waals surface area contributed by atoms with Crippen LogP contribution in [-0.4, -0.2) is 86.2 Å². The molecule has 3 aromatic rings. The highest BCUT2D eigenvalue weighted by Crippen LogP contribution is 2.56. The fourth-order valence-corrected chi connectivity index (χ4v) is 6.25. The number of aliphatic hydroxyl groups is 4. The summed E-state index contributed by atoms with van der Waals surface area (Å²) in [5.41, 5.74) is 1.57. The maximum atomic E-state index is 13.1. The number of carbonyl (C=O) groups is 3. The normalized spacial score (nSPS) is 27.7. The smallest absolute Gasteiger partial charge is 0.377 e. The van der Waals surface area contributed by atoms with E-state index in [9.17, 15) is 39.9 Å². The summed E-state index contributed by atoms with van der Waals surface area (Å²) in [4.78, 5) is 37.6. The topological polar surface area (TPSA) is 201 Å². The summed E-state index contributed by atoms with van der Waals surface area (Å²) in [5, 5.41) is 53.9. The van der Waals surface area contributed by atoms with Crippen LogP contribution in [0.15, 0.2) is 60.7 Å². The molecule has 236 valence electrons. The number of hydrogen-bond donors (Lipinski definition) is 6. The number of aliphatic hydroxyl groups excluding tert-OH is 4. The number of hydrogen-bond acceptors (Lipinski definition) is 11. The number of fused-ring (bicyclic) bond motifs is 6. The average molecular weight is 622 g/mol. The number of carboxylic acids is 1. The van der Waals surface area contributed by atoms with E-state index < -0.39 is 72.7 Å². The van der Waals surface area contributed by atoms with Gasteiger partial charge in [-0.25, -0.2) is 9.59 Å². The highest BCUT2D eigenvalue weighted by atomic mass is 16.7. The minimum Gasteiger partial charge on any atom is -0.476 e. The van der Waals surface area contributed by atoms with Gasteiger partial charge in [-0.05, 0) is 37.3 Å². The molecule has 0 saturated carbocycles. The van der Waals surface area contributed by atoms with Crippen LogP contribution in [-0.2, 0) is 24.7 Å². The second kappa shape index (κ2) is 11.1. The minimum absolute atomic E-state index is 0.0828. The third-order valence-corrected chi connectivity index (χ3v) is 8.31. The van der Waals surface area contributed by atoms with E-state index in [-0.39, 0.29) is 11.5 Å². The molecule has 6 rings (SSSR count). The second-order valence-corrected chi connectivity index (χ2v) is 11.4. The van der Waals surface area contributed by atoms with E-state index in [0.29, 0.717) is 28.0 Å². The van der Waals surface area contributed by atoms with Crippen LogP contribution in [0, 0.1) is 6.92 Å². The summed E-state index contributed by atoms with van der Waals surface area (Å²) in [6.45, 7) is 2.13. The van der Waals surface area contributed by atoms with Crippen molar-refractivity contribution in [2.24, 2.45) is 0 Å². The van der Waals surface area contributed by atoms with Gasteiger partial charge in [-0.15, -0.1) is 0 Å². The summed E-state index contributed by atoms with van der Waals surface area (Å²) in [6.07, 6.45) is -7.74. The largest absolute Gasteiger partial charge is 0.476 e. The lowest BCUT2D eigenvalue weighted by Gasteiger charge is -2.46. The van der Waals surface area contributed by atoms with Crippen LogP contribution >= 0.6 is 0 Å². The van der Waals surface area contributed by atoms with E-state index in [4.69, 9.17) is 18.9 Å². The van der Waals surface area contributed by atoms with Crippen molar-refractivity contribution in [2.75, 3.05) is 6.61 Å². The molecule has 7 atom stereocenters.